The number of hydrogen-bond donors (Lipinski definition) is 1. The third-order valence-electron chi connectivity index (χ3n) is 5.90. The molecule has 34 heavy (non-hydrogen) atoms. The first-order chi connectivity index (χ1) is 16.2. The molecule has 0 aliphatic carbocycles. The zero-order chi connectivity index (χ0) is 24.3. The molecule has 2 aliphatic heterocycles. The lowest BCUT2D eigenvalue weighted by molar-refractivity contribution is -0.160. The van der Waals surface area contributed by atoms with Crippen LogP contribution in [0.1, 0.15) is 25.0 Å². The van der Waals surface area contributed by atoms with Crippen molar-refractivity contribution in [2.24, 2.45) is 4.99 Å². The first-order valence-electron chi connectivity index (χ1n) is 11.2. The summed E-state index contributed by atoms with van der Waals surface area (Å²) in [5.74, 6) is -0.854. The maximum absolute atomic E-state index is 12.8. The lowest BCUT2D eigenvalue weighted by atomic mass is 10.2. The number of nitrogens with zero attached hydrogens (tertiary/aromatic N) is 3. The molecule has 2 aliphatic rings. The summed E-state index contributed by atoms with van der Waals surface area (Å²) in [4.78, 5) is 33.7. The minimum atomic E-state index is -3.70. The van der Waals surface area contributed by atoms with Gasteiger partial charge < -0.3 is 9.64 Å². The summed E-state index contributed by atoms with van der Waals surface area (Å²) < 4.78 is 32.2. The Labute approximate surface area is 199 Å². The smallest absolute Gasteiger partial charge is 0.331 e. The Balaban J connectivity index is 1.30. The molecule has 0 spiro atoms. The van der Waals surface area contributed by atoms with E-state index in [0.29, 0.717) is 18.7 Å². The number of ether oxygens (including phenoxy) is 1. The number of benzene rings is 2. The number of piperazine rings is 1. The Morgan fingerprint density at radius 3 is 2.35 bits per heavy atom. The van der Waals surface area contributed by atoms with Gasteiger partial charge in [-0.15, -0.1) is 0 Å². The predicted molar refractivity (Wildman–Crippen MR) is 127 cm³/mol. The van der Waals surface area contributed by atoms with Gasteiger partial charge in [-0.2, -0.15) is 0 Å². The number of nitrogens with one attached hydrogen (secondary N) is 1. The van der Waals surface area contributed by atoms with Crippen molar-refractivity contribution in [2.45, 2.75) is 37.4 Å². The standard InChI is InChI=1S/C24H28N4O5S/c1-17(25-22-20-10-6-7-11-21(20)34(31,32)26-22)24(30)33-18(2)23(29)28-14-12-27(13-15-28)16-19-8-4-3-5-9-19/h3-11,17-18H,12-16H2,1-2H3,(H,25,26)/t17-,18?/m0/s1. The second-order valence-electron chi connectivity index (χ2n) is 8.42. The highest BCUT2D eigenvalue weighted by Gasteiger charge is 2.32. The Bertz CT molecular complexity index is 1190. The zero-order valence-corrected chi connectivity index (χ0v) is 20.0. The lowest BCUT2D eigenvalue weighted by Gasteiger charge is -2.35. The monoisotopic (exact) mass is 484 g/mol. The van der Waals surface area contributed by atoms with Gasteiger partial charge in [0.05, 0.1) is 4.90 Å². The molecule has 1 amide bonds. The first-order valence-corrected chi connectivity index (χ1v) is 12.7. The van der Waals surface area contributed by atoms with Gasteiger partial charge in [0, 0.05) is 38.3 Å². The number of amides is 1. The van der Waals surface area contributed by atoms with Crippen molar-refractivity contribution in [3.8, 4) is 0 Å². The van der Waals surface area contributed by atoms with Crippen LogP contribution in [-0.2, 0) is 30.9 Å². The Kier molecular flexibility index (Phi) is 6.99. The normalized spacial score (nSPS) is 20.3. The SMILES string of the molecule is CC(OC(=O)[C@H](C)N=C1NS(=O)(=O)c2ccccc21)C(=O)N1CCN(Cc2ccccc2)CC1. The van der Waals surface area contributed by atoms with Gasteiger partial charge >= 0.3 is 5.97 Å². The minimum absolute atomic E-state index is 0.0913. The second kappa shape index (κ2) is 9.94. The molecular weight excluding hydrogens is 456 g/mol. The van der Waals surface area contributed by atoms with Crippen molar-refractivity contribution in [2.75, 3.05) is 26.2 Å². The number of carbonyl (C=O) groups is 2. The number of esters is 1. The van der Waals surface area contributed by atoms with Crippen molar-refractivity contribution >= 4 is 27.7 Å². The fraction of sp³-hybridized carbons (Fsp3) is 0.375. The highest BCUT2D eigenvalue weighted by molar-refractivity contribution is 7.90. The molecule has 10 heteroatoms. The number of rotatable bonds is 6. The zero-order valence-electron chi connectivity index (χ0n) is 19.2. The fourth-order valence-corrected chi connectivity index (χ4v) is 5.26. The first kappa shape index (κ1) is 23.9. The van der Waals surface area contributed by atoms with E-state index in [2.05, 4.69) is 26.7 Å². The Hall–Kier alpha value is -3.24. The topological polar surface area (TPSA) is 108 Å². The molecule has 180 valence electrons. The van der Waals surface area contributed by atoms with Gasteiger partial charge in [-0.1, -0.05) is 42.5 Å². The Morgan fingerprint density at radius 2 is 1.65 bits per heavy atom. The van der Waals surface area contributed by atoms with Crippen molar-refractivity contribution < 1.29 is 22.7 Å². The van der Waals surface area contributed by atoms with Crippen LogP contribution in [0.15, 0.2) is 64.5 Å². The average Bonchev–Trinajstić information content (AvgIpc) is 3.09. The summed E-state index contributed by atoms with van der Waals surface area (Å²) in [5.41, 5.74) is 1.63. The molecule has 9 nitrogen and oxygen atoms in total. The van der Waals surface area contributed by atoms with Gasteiger partial charge in [0.15, 0.2) is 6.10 Å². The highest BCUT2D eigenvalue weighted by Crippen LogP contribution is 2.22. The highest BCUT2D eigenvalue weighted by atomic mass is 32.2. The van der Waals surface area contributed by atoms with Crippen molar-refractivity contribution in [1.29, 1.82) is 0 Å². The van der Waals surface area contributed by atoms with Gasteiger partial charge in [-0.3, -0.25) is 19.4 Å². The van der Waals surface area contributed by atoms with E-state index >= 15 is 0 Å². The van der Waals surface area contributed by atoms with Crippen LogP contribution in [0.2, 0.25) is 0 Å². The molecule has 1 saturated heterocycles. The van der Waals surface area contributed by atoms with E-state index in [1.807, 2.05) is 18.2 Å². The molecule has 2 aromatic rings. The summed E-state index contributed by atoms with van der Waals surface area (Å²) in [6.07, 6.45) is -0.955. The van der Waals surface area contributed by atoms with E-state index in [9.17, 15) is 18.0 Å². The number of amidine groups is 1. The summed E-state index contributed by atoms with van der Waals surface area (Å²) in [7, 11) is -3.70. The maximum atomic E-state index is 12.8. The summed E-state index contributed by atoms with van der Waals surface area (Å²) in [5, 5.41) is 0. The largest absolute Gasteiger partial charge is 0.451 e. The summed E-state index contributed by atoms with van der Waals surface area (Å²) in [6.45, 7) is 6.48. The van der Waals surface area contributed by atoms with Crippen LogP contribution in [-0.4, -0.2) is 74.3 Å². The van der Waals surface area contributed by atoms with Crippen LogP contribution in [0.25, 0.3) is 0 Å². The summed E-state index contributed by atoms with van der Waals surface area (Å²) >= 11 is 0. The Morgan fingerprint density at radius 1 is 1.00 bits per heavy atom. The number of hydrogen-bond acceptors (Lipinski definition) is 7. The molecule has 4 rings (SSSR count). The third kappa shape index (κ3) is 5.28. The average molecular weight is 485 g/mol. The van der Waals surface area contributed by atoms with E-state index in [4.69, 9.17) is 4.74 Å². The molecule has 0 saturated carbocycles. The lowest BCUT2D eigenvalue weighted by Crippen LogP contribution is -2.51. The fourth-order valence-electron chi connectivity index (χ4n) is 4.02. The molecule has 2 heterocycles. The predicted octanol–water partition coefficient (Wildman–Crippen LogP) is 1.39. The van der Waals surface area contributed by atoms with E-state index in [1.54, 1.807) is 30.0 Å². The maximum Gasteiger partial charge on any atom is 0.331 e. The van der Waals surface area contributed by atoms with Gasteiger partial charge in [-0.25, -0.2) is 13.2 Å². The quantitative estimate of drug-likeness (QED) is 0.621. The molecule has 0 radical (unpaired) electrons. The second-order valence-corrected chi connectivity index (χ2v) is 10.1. The number of sulfonamides is 1. The van der Waals surface area contributed by atoms with Crippen LogP contribution >= 0.6 is 0 Å². The minimum Gasteiger partial charge on any atom is -0.451 e. The van der Waals surface area contributed by atoms with Crippen LogP contribution in [0.4, 0.5) is 0 Å². The van der Waals surface area contributed by atoms with E-state index in [0.717, 1.165) is 19.6 Å². The molecule has 1 fully saturated rings. The third-order valence-corrected chi connectivity index (χ3v) is 7.30. The van der Waals surface area contributed by atoms with E-state index in [1.165, 1.54) is 18.6 Å². The molecule has 0 bridgehead atoms. The van der Waals surface area contributed by atoms with Crippen LogP contribution < -0.4 is 4.72 Å². The van der Waals surface area contributed by atoms with Crippen LogP contribution in [0.5, 0.6) is 0 Å². The molecular formula is C24H28N4O5S. The molecule has 1 N–H and O–H groups in total. The molecule has 1 unspecified atom stereocenters. The molecule has 0 aromatic heterocycles. The van der Waals surface area contributed by atoms with Crippen LogP contribution in [0, 0.1) is 0 Å². The van der Waals surface area contributed by atoms with Crippen LogP contribution in [0.3, 0.4) is 0 Å². The number of carbonyl (C=O) groups excluding carboxylic acids is 2. The van der Waals surface area contributed by atoms with Crippen molar-refractivity contribution in [3.05, 3.63) is 65.7 Å². The molecule has 2 atom stereocenters. The van der Waals surface area contributed by atoms with Gasteiger partial charge in [0.2, 0.25) is 0 Å². The number of fused-ring (bicyclic) bond motifs is 1. The van der Waals surface area contributed by atoms with E-state index < -0.39 is 28.1 Å². The number of aliphatic imine (C=N–C) groups is 1. The van der Waals surface area contributed by atoms with Gasteiger partial charge in [-0.05, 0) is 31.5 Å². The molecule has 2 aromatic carbocycles. The van der Waals surface area contributed by atoms with E-state index in [-0.39, 0.29) is 16.6 Å². The van der Waals surface area contributed by atoms with Gasteiger partial charge in [0.1, 0.15) is 11.9 Å². The van der Waals surface area contributed by atoms with Crippen molar-refractivity contribution in [1.82, 2.24) is 14.5 Å². The summed E-state index contributed by atoms with van der Waals surface area (Å²) in [6, 6.07) is 15.6. The van der Waals surface area contributed by atoms with Crippen molar-refractivity contribution in [3.63, 3.8) is 0 Å². The van der Waals surface area contributed by atoms with Gasteiger partial charge in [0.25, 0.3) is 15.9 Å².